The minimum atomic E-state index is -0.368. The molecule has 0 unspecified atom stereocenters. The Labute approximate surface area is 174 Å². The number of allylic oxidation sites excluding steroid dienone is 1. The molecule has 3 aliphatic carbocycles. The maximum Gasteiger partial charge on any atom is 0.159 e. The zero-order chi connectivity index (χ0) is 20.4. The number of carbonyl (C=O) groups excluding carboxylic acids is 1. The number of hydrogen-bond acceptors (Lipinski definition) is 3. The number of hydrogen-bond donors (Lipinski definition) is 2. The summed E-state index contributed by atoms with van der Waals surface area (Å²) in [6.45, 7) is 1.60. The van der Waals surface area contributed by atoms with Crippen LogP contribution in [0.3, 0.4) is 0 Å². The SMILES string of the molecule is CC(=O)c1cccc(/C=C2\C[C@H]3C[C@@H](O)[C@@H](/C=C/[C@@H](O)C4CCCCC4)[C@H]3C2)c1. The van der Waals surface area contributed by atoms with E-state index in [-0.39, 0.29) is 23.9 Å². The predicted molar refractivity (Wildman–Crippen MR) is 116 cm³/mol. The highest BCUT2D eigenvalue weighted by Crippen LogP contribution is 2.50. The molecule has 0 amide bonds. The summed E-state index contributed by atoms with van der Waals surface area (Å²) in [6.07, 6.45) is 14.5. The van der Waals surface area contributed by atoms with Gasteiger partial charge in [-0.2, -0.15) is 0 Å². The van der Waals surface area contributed by atoms with Gasteiger partial charge in [-0.25, -0.2) is 0 Å². The predicted octanol–water partition coefficient (Wildman–Crippen LogP) is 5.18. The van der Waals surface area contributed by atoms with Crippen LogP contribution in [0.1, 0.15) is 74.2 Å². The lowest BCUT2D eigenvalue weighted by molar-refractivity contribution is 0.101. The van der Waals surface area contributed by atoms with Crippen LogP contribution in [0.2, 0.25) is 0 Å². The minimum Gasteiger partial charge on any atom is -0.392 e. The fourth-order valence-electron chi connectivity index (χ4n) is 5.85. The zero-order valence-electron chi connectivity index (χ0n) is 17.5. The molecule has 3 saturated carbocycles. The molecule has 3 fully saturated rings. The van der Waals surface area contributed by atoms with Crippen LogP contribution in [0, 0.1) is 23.7 Å². The van der Waals surface area contributed by atoms with Crippen molar-refractivity contribution in [1.82, 2.24) is 0 Å². The Hall–Kier alpha value is -1.71. The third-order valence-electron chi connectivity index (χ3n) is 7.44. The summed E-state index contributed by atoms with van der Waals surface area (Å²) in [5.74, 6) is 1.61. The van der Waals surface area contributed by atoms with Crippen molar-refractivity contribution in [1.29, 1.82) is 0 Å². The topological polar surface area (TPSA) is 57.5 Å². The summed E-state index contributed by atoms with van der Waals surface area (Å²) in [5, 5.41) is 21.2. The molecule has 0 aromatic heterocycles. The van der Waals surface area contributed by atoms with Gasteiger partial charge in [0.1, 0.15) is 0 Å². The van der Waals surface area contributed by atoms with Crippen LogP contribution in [0.25, 0.3) is 6.08 Å². The van der Waals surface area contributed by atoms with Crippen molar-refractivity contribution < 1.29 is 15.0 Å². The van der Waals surface area contributed by atoms with Crippen LogP contribution in [0.15, 0.2) is 42.0 Å². The van der Waals surface area contributed by atoms with Gasteiger partial charge in [-0.15, -0.1) is 0 Å². The van der Waals surface area contributed by atoms with E-state index in [1.54, 1.807) is 6.92 Å². The molecule has 2 N–H and O–H groups in total. The molecule has 0 bridgehead atoms. The number of aliphatic hydroxyl groups excluding tert-OH is 2. The van der Waals surface area contributed by atoms with E-state index < -0.39 is 0 Å². The zero-order valence-corrected chi connectivity index (χ0v) is 17.5. The maximum atomic E-state index is 11.6. The highest BCUT2D eigenvalue weighted by molar-refractivity contribution is 5.94. The molecule has 0 radical (unpaired) electrons. The fourth-order valence-corrected chi connectivity index (χ4v) is 5.85. The van der Waals surface area contributed by atoms with Crippen LogP contribution in [0.4, 0.5) is 0 Å². The van der Waals surface area contributed by atoms with Gasteiger partial charge in [0.2, 0.25) is 0 Å². The second kappa shape index (κ2) is 8.97. The van der Waals surface area contributed by atoms with Crippen molar-refractivity contribution >= 4 is 11.9 Å². The molecular weight excluding hydrogens is 360 g/mol. The van der Waals surface area contributed by atoms with Gasteiger partial charge in [0.05, 0.1) is 12.2 Å². The monoisotopic (exact) mass is 394 g/mol. The van der Waals surface area contributed by atoms with E-state index in [2.05, 4.69) is 18.2 Å². The number of aliphatic hydroxyl groups is 2. The molecule has 0 spiro atoms. The van der Waals surface area contributed by atoms with Crippen LogP contribution in [0.5, 0.6) is 0 Å². The van der Waals surface area contributed by atoms with Crippen molar-refractivity contribution in [3.63, 3.8) is 0 Å². The van der Waals surface area contributed by atoms with Crippen molar-refractivity contribution in [3.05, 3.63) is 53.1 Å². The second-order valence-corrected chi connectivity index (χ2v) is 9.47. The number of carbonyl (C=O) groups is 1. The Morgan fingerprint density at radius 3 is 2.72 bits per heavy atom. The van der Waals surface area contributed by atoms with Gasteiger partial charge in [0.25, 0.3) is 0 Å². The van der Waals surface area contributed by atoms with Crippen molar-refractivity contribution in [2.45, 2.75) is 70.5 Å². The highest BCUT2D eigenvalue weighted by atomic mass is 16.3. The number of Topliss-reactive ketones (excluding diaryl/α,β-unsaturated/α-hetero) is 1. The van der Waals surface area contributed by atoms with Crippen LogP contribution < -0.4 is 0 Å². The normalized spacial score (nSPS) is 32.7. The average Bonchev–Trinajstić information content (AvgIpc) is 3.23. The van der Waals surface area contributed by atoms with Crippen molar-refractivity contribution in [2.75, 3.05) is 0 Å². The first-order valence-electron chi connectivity index (χ1n) is 11.4. The number of rotatable bonds is 5. The molecule has 3 aliphatic rings. The molecule has 1 aromatic carbocycles. The van der Waals surface area contributed by atoms with E-state index in [1.807, 2.05) is 24.3 Å². The van der Waals surface area contributed by atoms with Gasteiger partial charge in [-0.1, -0.05) is 61.3 Å². The molecule has 0 saturated heterocycles. The van der Waals surface area contributed by atoms with E-state index >= 15 is 0 Å². The first-order valence-corrected chi connectivity index (χ1v) is 11.4. The Morgan fingerprint density at radius 2 is 1.97 bits per heavy atom. The van der Waals surface area contributed by atoms with E-state index in [0.717, 1.165) is 43.2 Å². The third-order valence-corrected chi connectivity index (χ3v) is 7.44. The Kier molecular flexibility index (Phi) is 6.36. The van der Waals surface area contributed by atoms with Crippen LogP contribution in [-0.2, 0) is 0 Å². The smallest absolute Gasteiger partial charge is 0.159 e. The van der Waals surface area contributed by atoms with Gasteiger partial charge in [-0.3, -0.25) is 4.79 Å². The largest absolute Gasteiger partial charge is 0.392 e. The summed E-state index contributed by atoms with van der Waals surface area (Å²) < 4.78 is 0. The van der Waals surface area contributed by atoms with Crippen LogP contribution in [-0.4, -0.2) is 28.2 Å². The van der Waals surface area contributed by atoms with Gasteiger partial charge in [-0.05, 0) is 68.4 Å². The Morgan fingerprint density at radius 1 is 1.17 bits per heavy atom. The lowest BCUT2D eigenvalue weighted by Gasteiger charge is -2.25. The standard InChI is InChI=1S/C26H34O3/c1-17(27)21-9-5-6-18(13-21)12-19-14-22-16-26(29)23(24(22)15-19)10-11-25(28)20-7-3-2-4-8-20/h5-6,9-13,20,22-26,28-29H,2-4,7-8,14-16H2,1H3/b11-10+,19-12+/t22-,23-,24-,25+,26+/m0/s1. The van der Waals surface area contributed by atoms with E-state index in [4.69, 9.17) is 0 Å². The van der Waals surface area contributed by atoms with Gasteiger partial charge < -0.3 is 10.2 Å². The third kappa shape index (κ3) is 4.73. The molecule has 156 valence electrons. The van der Waals surface area contributed by atoms with E-state index in [9.17, 15) is 15.0 Å². The first-order chi connectivity index (χ1) is 14.0. The lowest BCUT2D eigenvalue weighted by atomic mass is 9.84. The maximum absolute atomic E-state index is 11.6. The first kappa shape index (κ1) is 20.6. The summed E-state index contributed by atoms with van der Waals surface area (Å²) in [4.78, 5) is 11.6. The highest BCUT2D eigenvalue weighted by Gasteiger charge is 2.45. The molecule has 1 aromatic rings. The molecule has 3 heteroatoms. The lowest BCUT2D eigenvalue weighted by Crippen LogP contribution is -2.22. The van der Waals surface area contributed by atoms with Gasteiger partial charge in [0, 0.05) is 11.5 Å². The van der Waals surface area contributed by atoms with Gasteiger partial charge >= 0.3 is 0 Å². The molecule has 29 heavy (non-hydrogen) atoms. The summed E-state index contributed by atoms with van der Waals surface area (Å²) in [6, 6.07) is 7.83. The second-order valence-electron chi connectivity index (χ2n) is 9.47. The molecule has 0 aliphatic heterocycles. The summed E-state index contributed by atoms with van der Waals surface area (Å²) in [5.41, 5.74) is 3.26. The van der Waals surface area contributed by atoms with E-state index in [0.29, 0.717) is 17.8 Å². The minimum absolute atomic E-state index is 0.0957. The fraction of sp³-hybridized carbons (Fsp3) is 0.577. The van der Waals surface area contributed by atoms with Crippen molar-refractivity contribution in [2.24, 2.45) is 23.7 Å². The number of benzene rings is 1. The van der Waals surface area contributed by atoms with E-state index in [1.165, 1.54) is 24.8 Å². The summed E-state index contributed by atoms with van der Waals surface area (Å²) >= 11 is 0. The Bertz CT molecular complexity index is 787. The number of ketones is 1. The molecule has 4 rings (SSSR count). The van der Waals surface area contributed by atoms with Gasteiger partial charge in [0.15, 0.2) is 5.78 Å². The molecule has 5 atom stereocenters. The summed E-state index contributed by atoms with van der Waals surface area (Å²) in [7, 11) is 0. The Balaban J connectivity index is 1.43. The molecular formula is C26H34O3. The van der Waals surface area contributed by atoms with Crippen LogP contribution >= 0.6 is 0 Å². The molecule has 3 nitrogen and oxygen atoms in total. The molecule has 0 heterocycles. The quantitative estimate of drug-likeness (QED) is 0.535. The van der Waals surface area contributed by atoms with Crippen molar-refractivity contribution in [3.8, 4) is 0 Å². The average molecular weight is 395 g/mol. The number of fused-ring (bicyclic) bond motifs is 1.